The molecule has 0 aliphatic carbocycles. The molecule has 32 heavy (non-hydrogen) atoms. The molecule has 3 rings (SSSR count). The lowest BCUT2D eigenvalue weighted by Crippen LogP contribution is -2.46. The van der Waals surface area contributed by atoms with Gasteiger partial charge >= 0.3 is 0 Å². The zero-order valence-electron chi connectivity index (χ0n) is 21.4. The summed E-state index contributed by atoms with van der Waals surface area (Å²) >= 11 is 0. The fourth-order valence-corrected chi connectivity index (χ4v) is 7.43. The number of benzene rings is 1. The topological polar surface area (TPSA) is 31.6 Å². The van der Waals surface area contributed by atoms with Crippen LogP contribution in [0.4, 0.5) is 0 Å². The summed E-state index contributed by atoms with van der Waals surface area (Å²) < 4.78 is 0. The lowest BCUT2D eigenvalue weighted by atomic mass is 9.61. The highest BCUT2D eigenvalue weighted by Crippen LogP contribution is 2.59. The molecule has 0 amide bonds. The van der Waals surface area contributed by atoms with Crippen molar-refractivity contribution < 1.29 is 0 Å². The lowest BCUT2D eigenvalue weighted by Gasteiger charge is -2.52. The molecule has 174 valence electrons. The summed E-state index contributed by atoms with van der Waals surface area (Å²) in [6, 6.07) is 16.0. The molecular formula is C28H42N2P2. The molecule has 0 aliphatic rings. The summed E-state index contributed by atoms with van der Waals surface area (Å²) in [6.07, 6.45) is 5.10. The molecule has 1 aromatic carbocycles. The van der Waals surface area contributed by atoms with Crippen molar-refractivity contribution in [1.29, 1.82) is 0 Å². The van der Waals surface area contributed by atoms with Crippen molar-refractivity contribution in [3.8, 4) is 0 Å². The van der Waals surface area contributed by atoms with E-state index in [4.69, 9.17) is 0 Å². The van der Waals surface area contributed by atoms with Gasteiger partial charge in [-0.25, -0.2) is 0 Å². The molecule has 0 bridgehead atoms. The summed E-state index contributed by atoms with van der Waals surface area (Å²) in [5, 5.41) is -0.0712. The minimum atomic E-state index is -0.557. The highest BCUT2D eigenvalue weighted by atomic mass is 31.1. The van der Waals surface area contributed by atoms with E-state index in [9.17, 15) is 0 Å². The third kappa shape index (κ3) is 4.78. The molecule has 0 radical (unpaired) electrons. The van der Waals surface area contributed by atoms with Crippen molar-refractivity contribution in [3.05, 3.63) is 71.5 Å². The van der Waals surface area contributed by atoms with Crippen molar-refractivity contribution in [3.63, 3.8) is 0 Å². The minimum absolute atomic E-state index is 0.0712. The third-order valence-electron chi connectivity index (χ3n) is 6.84. The molecule has 0 fully saturated rings. The van der Waals surface area contributed by atoms with Crippen LogP contribution in [0.15, 0.2) is 54.9 Å². The van der Waals surface area contributed by atoms with Crippen molar-refractivity contribution in [2.24, 2.45) is 10.8 Å². The molecule has 0 aliphatic heterocycles. The largest absolute Gasteiger partial charge is 0.361 e. The van der Waals surface area contributed by atoms with E-state index in [0.717, 1.165) is 6.16 Å². The van der Waals surface area contributed by atoms with Crippen LogP contribution in [0.2, 0.25) is 0 Å². The van der Waals surface area contributed by atoms with E-state index < -0.39 is 7.92 Å². The molecule has 1 unspecified atom stereocenters. The molecule has 1 atom stereocenters. The second-order valence-electron chi connectivity index (χ2n) is 12.1. The average molecular weight is 469 g/mol. The Kier molecular flexibility index (Phi) is 6.93. The van der Waals surface area contributed by atoms with Gasteiger partial charge in [0.05, 0.1) is 0 Å². The highest BCUT2D eigenvalue weighted by Gasteiger charge is 2.49. The SMILES string of the molecule is CC(C)(C)c1ccc(C(P)(C(C)(C)C)C(C)(C)C)c(CP(c2ccc[nH]2)c2ccc[nH]2)c1. The van der Waals surface area contributed by atoms with Gasteiger partial charge < -0.3 is 9.97 Å². The van der Waals surface area contributed by atoms with Crippen LogP contribution in [0.1, 0.15) is 79.0 Å². The summed E-state index contributed by atoms with van der Waals surface area (Å²) in [5.74, 6) is 0. The van der Waals surface area contributed by atoms with Crippen LogP contribution >= 0.6 is 17.2 Å². The second kappa shape index (κ2) is 8.77. The van der Waals surface area contributed by atoms with E-state index in [1.807, 2.05) is 12.4 Å². The molecule has 4 heteroatoms. The Bertz CT molecular complexity index is 963. The van der Waals surface area contributed by atoms with E-state index in [1.54, 1.807) is 0 Å². The van der Waals surface area contributed by atoms with E-state index in [2.05, 4.69) is 124 Å². The molecular weight excluding hydrogens is 426 g/mol. The van der Waals surface area contributed by atoms with Crippen molar-refractivity contribution >= 4 is 28.0 Å². The zero-order chi connectivity index (χ0) is 23.9. The Morgan fingerprint density at radius 2 is 1.25 bits per heavy atom. The standard InChI is InChI=1S/C28H42N2P2/c1-25(2,3)21-14-15-22(28(31,26(4,5)6)27(7,8)9)20(18-21)19-32(23-12-10-16-29-23)24-13-11-17-30-24/h10-18,29-30H,19,31H2,1-9H3. The molecule has 3 aromatic rings. The van der Waals surface area contributed by atoms with E-state index in [-0.39, 0.29) is 21.4 Å². The van der Waals surface area contributed by atoms with Crippen LogP contribution in [0.25, 0.3) is 0 Å². The molecule has 0 spiro atoms. The van der Waals surface area contributed by atoms with Gasteiger partial charge in [0.1, 0.15) is 0 Å². The van der Waals surface area contributed by atoms with Crippen LogP contribution in [-0.2, 0) is 16.7 Å². The smallest absolute Gasteiger partial charge is 0.0448 e. The Morgan fingerprint density at radius 3 is 1.62 bits per heavy atom. The number of rotatable bonds is 5. The first-order valence-electron chi connectivity index (χ1n) is 11.6. The lowest BCUT2D eigenvalue weighted by molar-refractivity contribution is 0.139. The molecule has 2 N–H and O–H groups in total. The normalized spacial score (nSPS) is 13.7. The molecule has 2 aromatic heterocycles. The zero-order valence-corrected chi connectivity index (χ0v) is 23.5. The first kappa shape index (κ1) is 25.3. The molecule has 2 heterocycles. The average Bonchev–Trinajstić information content (AvgIpc) is 3.36. The Balaban J connectivity index is 2.25. The minimum Gasteiger partial charge on any atom is -0.361 e. The van der Waals surface area contributed by atoms with Gasteiger partial charge in [0.2, 0.25) is 0 Å². The third-order valence-corrected chi connectivity index (χ3v) is 11.3. The van der Waals surface area contributed by atoms with Crippen LogP contribution in [0, 0.1) is 10.8 Å². The fraction of sp³-hybridized carbons (Fsp3) is 0.500. The Morgan fingerprint density at radius 1 is 0.750 bits per heavy atom. The summed E-state index contributed by atoms with van der Waals surface area (Å²) in [5.41, 5.74) is 7.23. The van der Waals surface area contributed by atoms with Crippen LogP contribution in [0.5, 0.6) is 0 Å². The van der Waals surface area contributed by atoms with Crippen molar-refractivity contribution in [1.82, 2.24) is 9.97 Å². The Hall–Kier alpha value is -1.36. The van der Waals surface area contributed by atoms with Gasteiger partial charge in [0.15, 0.2) is 0 Å². The molecule has 0 saturated carbocycles. The van der Waals surface area contributed by atoms with E-state index in [0.29, 0.717) is 0 Å². The van der Waals surface area contributed by atoms with Crippen LogP contribution in [-0.4, -0.2) is 9.97 Å². The highest BCUT2D eigenvalue weighted by molar-refractivity contribution is 7.71. The second-order valence-corrected chi connectivity index (χ2v) is 15.1. The maximum Gasteiger partial charge on any atom is 0.0448 e. The van der Waals surface area contributed by atoms with E-state index in [1.165, 1.54) is 27.6 Å². The van der Waals surface area contributed by atoms with Crippen LogP contribution in [0.3, 0.4) is 0 Å². The van der Waals surface area contributed by atoms with Crippen molar-refractivity contribution in [2.45, 2.75) is 79.0 Å². The number of aromatic nitrogens is 2. The van der Waals surface area contributed by atoms with Gasteiger partial charge in [-0.15, -0.1) is 9.24 Å². The van der Waals surface area contributed by atoms with Crippen LogP contribution < -0.4 is 10.9 Å². The number of hydrogen-bond acceptors (Lipinski definition) is 0. The predicted octanol–water partition coefficient (Wildman–Crippen LogP) is 7.44. The van der Waals surface area contributed by atoms with E-state index >= 15 is 0 Å². The quantitative estimate of drug-likeness (QED) is 0.365. The first-order chi connectivity index (χ1) is 14.7. The number of H-pyrrole nitrogens is 2. The van der Waals surface area contributed by atoms with Gasteiger partial charge in [-0.05, 0) is 65.1 Å². The number of aromatic amines is 2. The van der Waals surface area contributed by atoms with Gasteiger partial charge in [-0.3, -0.25) is 0 Å². The summed E-state index contributed by atoms with van der Waals surface area (Å²) in [7, 11) is 2.75. The predicted molar refractivity (Wildman–Crippen MR) is 147 cm³/mol. The van der Waals surface area contributed by atoms with Gasteiger partial charge in [0, 0.05) is 34.6 Å². The fourth-order valence-electron chi connectivity index (χ4n) is 4.96. The summed E-state index contributed by atoms with van der Waals surface area (Å²) in [6.45, 7) is 21.2. The van der Waals surface area contributed by atoms with Gasteiger partial charge in [-0.2, -0.15) is 0 Å². The van der Waals surface area contributed by atoms with Gasteiger partial charge in [0.25, 0.3) is 0 Å². The van der Waals surface area contributed by atoms with Gasteiger partial charge in [-0.1, -0.05) is 80.5 Å². The number of nitrogens with one attached hydrogen (secondary N) is 2. The first-order valence-corrected chi connectivity index (χ1v) is 13.7. The Labute approximate surface area is 199 Å². The number of hydrogen-bond donors (Lipinski definition) is 2. The molecule has 0 saturated heterocycles. The maximum atomic E-state index is 3.51. The maximum absolute atomic E-state index is 3.51. The molecule has 2 nitrogen and oxygen atoms in total. The monoisotopic (exact) mass is 468 g/mol. The summed E-state index contributed by atoms with van der Waals surface area (Å²) in [4.78, 5) is 7.03. The van der Waals surface area contributed by atoms with Crippen molar-refractivity contribution in [2.75, 3.05) is 0 Å².